The molecular formula is C18H24N2O. The van der Waals surface area contributed by atoms with E-state index in [0.717, 1.165) is 25.8 Å². The topological polar surface area (TPSA) is 48.0 Å². The highest BCUT2D eigenvalue weighted by Gasteiger charge is 2.32. The van der Waals surface area contributed by atoms with Crippen molar-refractivity contribution in [1.29, 1.82) is 0 Å². The van der Waals surface area contributed by atoms with Crippen LogP contribution in [0.15, 0.2) is 24.3 Å². The molecule has 0 radical (unpaired) electrons. The largest absolute Gasteiger partial charge is 0.389 e. The quantitative estimate of drug-likeness (QED) is 0.808. The second-order valence-corrected chi connectivity index (χ2v) is 6.82. The summed E-state index contributed by atoms with van der Waals surface area (Å²) in [5.41, 5.74) is 3.61. The van der Waals surface area contributed by atoms with Crippen LogP contribution in [0.1, 0.15) is 55.8 Å². The van der Waals surface area contributed by atoms with Gasteiger partial charge < -0.3 is 15.4 Å². The highest BCUT2D eigenvalue weighted by Crippen LogP contribution is 2.35. The van der Waals surface area contributed by atoms with Crippen LogP contribution in [0.2, 0.25) is 0 Å². The Balaban J connectivity index is 1.58. The fourth-order valence-corrected chi connectivity index (χ4v) is 4.14. The number of aliphatic hydroxyl groups is 1. The number of benzene rings is 1. The summed E-state index contributed by atoms with van der Waals surface area (Å²) in [7, 11) is 0. The molecule has 1 aromatic heterocycles. The van der Waals surface area contributed by atoms with E-state index >= 15 is 0 Å². The average Bonchev–Trinajstić information content (AvgIpc) is 3.10. The van der Waals surface area contributed by atoms with Crippen LogP contribution < -0.4 is 5.32 Å². The Bertz CT molecular complexity index is 640. The van der Waals surface area contributed by atoms with Crippen molar-refractivity contribution in [1.82, 2.24) is 10.3 Å². The van der Waals surface area contributed by atoms with Crippen molar-refractivity contribution in [3.63, 3.8) is 0 Å². The number of aryl methyl sites for hydroxylation is 1. The zero-order valence-electron chi connectivity index (χ0n) is 12.5. The molecule has 2 aliphatic carbocycles. The zero-order chi connectivity index (χ0) is 14.3. The van der Waals surface area contributed by atoms with E-state index in [1.165, 1.54) is 47.8 Å². The molecule has 1 heterocycles. The first-order chi connectivity index (χ1) is 10.3. The standard InChI is InChI=1S/C18H24N2O/c21-18(10-3-4-11-18)12-19-16-9-5-7-14-13-6-1-2-8-15(13)20-17(14)16/h1-2,6,8,16,19-21H,3-5,7,9-12H2. The van der Waals surface area contributed by atoms with Crippen molar-refractivity contribution in [2.24, 2.45) is 0 Å². The van der Waals surface area contributed by atoms with Gasteiger partial charge in [0, 0.05) is 29.2 Å². The van der Waals surface area contributed by atoms with Gasteiger partial charge in [0.25, 0.3) is 0 Å². The molecule has 21 heavy (non-hydrogen) atoms. The lowest BCUT2D eigenvalue weighted by Crippen LogP contribution is -2.40. The number of H-pyrrole nitrogens is 1. The molecule has 112 valence electrons. The molecule has 0 saturated heterocycles. The van der Waals surface area contributed by atoms with E-state index < -0.39 is 5.60 Å². The van der Waals surface area contributed by atoms with Gasteiger partial charge in [-0.15, -0.1) is 0 Å². The monoisotopic (exact) mass is 284 g/mol. The van der Waals surface area contributed by atoms with Gasteiger partial charge in [0.15, 0.2) is 0 Å². The minimum absolute atomic E-state index is 0.366. The van der Waals surface area contributed by atoms with Crippen LogP contribution in [0.4, 0.5) is 0 Å². The number of aromatic amines is 1. The highest BCUT2D eigenvalue weighted by molar-refractivity contribution is 5.85. The number of hydrogen-bond donors (Lipinski definition) is 3. The molecule has 1 atom stereocenters. The Hall–Kier alpha value is -1.32. The Morgan fingerprint density at radius 3 is 2.86 bits per heavy atom. The summed E-state index contributed by atoms with van der Waals surface area (Å²) >= 11 is 0. The first-order valence-electron chi connectivity index (χ1n) is 8.30. The van der Waals surface area contributed by atoms with Crippen molar-refractivity contribution in [2.75, 3.05) is 6.54 Å². The SMILES string of the molecule is OC1(CNC2CCCc3c2[nH]c2ccccc32)CCCC1. The maximum atomic E-state index is 10.5. The number of fused-ring (bicyclic) bond motifs is 3. The molecule has 4 rings (SSSR count). The van der Waals surface area contributed by atoms with Crippen molar-refractivity contribution >= 4 is 10.9 Å². The number of para-hydroxylation sites is 1. The summed E-state index contributed by atoms with van der Waals surface area (Å²) in [6.45, 7) is 0.729. The third-order valence-electron chi connectivity index (χ3n) is 5.33. The lowest BCUT2D eigenvalue weighted by Gasteiger charge is -2.29. The van der Waals surface area contributed by atoms with Gasteiger partial charge in [-0.2, -0.15) is 0 Å². The molecule has 0 bridgehead atoms. The van der Waals surface area contributed by atoms with Crippen molar-refractivity contribution in [2.45, 2.75) is 56.6 Å². The van der Waals surface area contributed by atoms with E-state index in [1.54, 1.807) is 0 Å². The molecule has 1 aromatic carbocycles. The third kappa shape index (κ3) is 2.39. The molecule has 0 amide bonds. The lowest BCUT2D eigenvalue weighted by atomic mass is 9.91. The van der Waals surface area contributed by atoms with Crippen LogP contribution in [0.25, 0.3) is 10.9 Å². The van der Waals surface area contributed by atoms with Crippen LogP contribution >= 0.6 is 0 Å². The smallest absolute Gasteiger partial charge is 0.0771 e. The van der Waals surface area contributed by atoms with E-state index in [-0.39, 0.29) is 0 Å². The zero-order valence-corrected chi connectivity index (χ0v) is 12.5. The number of aromatic nitrogens is 1. The van der Waals surface area contributed by atoms with Gasteiger partial charge in [-0.25, -0.2) is 0 Å². The average molecular weight is 284 g/mol. The minimum atomic E-state index is -0.469. The number of nitrogens with one attached hydrogen (secondary N) is 2. The van der Waals surface area contributed by atoms with Crippen LogP contribution in [0.5, 0.6) is 0 Å². The maximum Gasteiger partial charge on any atom is 0.0771 e. The van der Waals surface area contributed by atoms with E-state index in [1.807, 2.05) is 0 Å². The lowest BCUT2D eigenvalue weighted by molar-refractivity contribution is 0.0440. The fraction of sp³-hybridized carbons (Fsp3) is 0.556. The van der Waals surface area contributed by atoms with Crippen molar-refractivity contribution < 1.29 is 5.11 Å². The predicted molar refractivity (Wildman–Crippen MR) is 85.4 cm³/mol. The minimum Gasteiger partial charge on any atom is -0.389 e. The summed E-state index contributed by atoms with van der Waals surface area (Å²) < 4.78 is 0. The first-order valence-corrected chi connectivity index (χ1v) is 8.30. The predicted octanol–water partition coefficient (Wildman–Crippen LogP) is 3.44. The molecule has 1 unspecified atom stereocenters. The molecule has 1 saturated carbocycles. The highest BCUT2D eigenvalue weighted by atomic mass is 16.3. The molecule has 3 heteroatoms. The van der Waals surface area contributed by atoms with Gasteiger partial charge in [0.05, 0.1) is 5.60 Å². The van der Waals surface area contributed by atoms with Crippen LogP contribution in [-0.2, 0) is 6.42 Å². The molecule has 2 aliphatic rings. The Labute approximate surface area is 125 Å². The summed E-state index contributed by atoms with van der Waals surface area (Å²) in [4.78, 5) is 3.61. The summed E-state index contributed by atoms with van der Waals surface area (Å²) in [5.74, 6) is 0. The van der Waals surface area contributed by atoms with E-state index in [0.29, 0.717) is 6.04 Å². The van der Waals surface area contributed by atoms with Crippen molar-refractivity contribution in [3.05, 3.63) is 35.5 Å². The first kappa shape index (κ1) is 13.4. The van der Waals surface area contributed by atoms with Gasteiger partial charge in [0.1, 0.15) is 0 Å². The Morgan fingerprint density at radius 1 is 1.19 bits per heavy atom. The van der Waals surface area contributed by atoms with E-state index in [4.69, 9.17) is 0 Å². The van der Waals surface area contributed by atoms with Crippen LogP contribution in [-0.4, -0.2) is 22.2 Å². The number of rotatable bonds is 3. The molecule has 3 N–H and O–H groups in total. The van der Waals surface area contributed by atoms with Gasteiger partial charge in [-0.05, 0) is 43.7 Å². The Morgan fingerprint density at radius 2 is 2.00 bits per heavy atom. The van der Waals surface area contributed by atoms with E-state index in [9.17, 15) is 5.11 Å². The number of hydrogen-bond acceptors (Lipinski definition) is 2. The van der Waals surface area contributed by atoms with Gasteiger partial charge >= 0.3 is 0 Å². The summed E-state index contributed by atoms with van der Waals surface area (Å²) in [6.07, 6.45) is 7.79. The molecular weight excluding hydrogens is 260 g/mol. The van der Waals surface area contributed by atoms with E-state index in [2.05, 4.69) is 34.6 Å². The van der Waals surface area contributed by atoms with Gasteiger partial charge in [0.2, 0.25) is 0 Å². The van der Waals surface area contributed by atoms with Gasteiger partial charge in [-0.3, -0.25) is 0 Å². The molecule has 1 fully saturated rings. The summed E-state index contributed by atoms with van der Waals surface area (Å²) in [6, 6.07) is 8.96. The Kier molecular flexibility index (Phi) is 3.27. The normalized spacial score (nSPS) is 24.3. The maximum absolute atomic E-state index is 10.5. The van der Waals surface area contributed by atoms with Crippen LogP contribution in [0, 0.1) is 0 Å². The van der Waals surface area contributed by atoms with Crippen LogP contribution in [0.3, 0.4) is 0 Å². The second-order valence-electron chi connectivity index (χ2n) is 6.82. The third-order valence-corrected chi connectivity index (χ3v) is 5.33. The molecule has 3 nitrogen and oxygen atoms in total. The second kappa shape index (κ2) is 5.15. The van der Waals surface area contributed by atoms with Gasteiger partial charge in [-0.1, -0.05) is 31.0 Å². The molecule has 0 spiro atoms. The fourth-order valence-electron chi connectivity index (χ4n) is 4.14. The van der Waals surface area contributed by atoms with Crippen molar-refractivity contribution in [3.8, 4) is 0 Å². The molecule has 2 aromatic rings. The molecule has 0 aliphatic heterocycles. The summed E-state index contributed by atoms with van der Waals surface area (Å²) in [5, 5.41) is 15.6.